The number of nitrogens with zero attached hydrogens (tertiary/aromatic N) is 1. The van der Waals surface area contributed by atoms with E-state index in [1.807, 2.05) is 24.3 Å². The number of rotatable bonds is 7. The van der Waals surface area contributed by atoms with Crippen LogP contribution in [0.4, 0.5) is 4.79 Å². The first-order valence-corrected chi connectivity index (χ1v) is 9.04. The molecule has 1 aromatic carbocycles. The lowest BCUT2D eigenvalue weighted by molar-refractivity contribution is -0.119. The summed E-state index contributed by atoms with van der Waals surface area (Å²) in [6.45, 7) is 6.66. The minimum atomic E-state index is -0.0840. The Morgan fingerprint density at radius 1 is 1.28 bits per heavy atom. The highest BCUT2D eigenvalue weighted by Gasteiger charge is 2.23. The molecule has 0 saturated carbocycles. The average Bonchev–Trinajstić information content (AvgIpc) is 2.60. The first-order valence-electron chi connectivity index (χ1n) is 9.04. The van der Waals surface area contributed by atoms with Gasteiger partial charge in [0.15, 0.2) is 0 Å². The summed E-state index contributed by atoms with van der Waals surface area (Å²) >= 11 is 0. The minimum absolute atomic E-state index is 0.0479. The van der Waals surface area contributed by atoms with E-state index in [1.54, 1.807) is 4.90 Å². The number of benzene rings is 1. The number of hydrogen-bond donors (Lipinski definition) is 2. The van der Waals surface area contributed by atoms with Gasteiger partial charge in [0.05, 0.1) is 6.61 Å². The predicted molar refractivity (Wildman–Crippen MR) is 97.0 cm³/mol. The van der Waals surface area contributed by atoms with E-state index >= 15 is 0 Å². The second-order valence-corrected chi connectivity index (χ2v) is 6.47. The van der Waals surface area contributed by atoms with E-state index in [0.717, 1.165) is 43.5 Å². The van der Waals surface area contributed by atoms with Crippen molar-refractivity contribution < 1.29 is 14.3 Å². The Balaban J connectivity index is 1.86. The van der Waals surface area contributed by atoms with Crippen molar-refractivity contribution >= 4 is 11.9 Å². The molecule has 1 fully saturated rings. The zero-order valence-corrected chi connectivity index (χ0v) is 15.2. The Labute approximate surface area is 149 Å². The lowest BCUT2D eigenvalue weighted by atomic mass is 10.1. The number of hydrogen-bond acceptors (Lipinski definition) is 3. The minimum Gasteiger partial charge on any atom is -0.377 e. The summed E-state index contributed by atoms with van der Waals surface area (Å²) in [5, 5.41) is 5.89. The van der Waals surface area contributed by atoms with E-state index in [1.165, 1.54) is 6.92 Å². The Morgan fingerprint density at radius 2 is 2.04 bits per heavy atom. The first kappa shape index (κ1) is 19.2. The van der Waals surface area contributed by atoms with Crippen LogP contribution in [0, 0.1) is 0 Å². The maximum atomic E-state index is 12.4. The Bertz CT molecular complexity index is 577. The fourth-order valence-electron chi connectivity index (χ4n) is 3.05. The van der Waals surface area contributed by atoms with Crippen LogP contribution in [0.3, 0.4) is 0 Å². The molecule has 138 valence electrons. The maximum absolute atomic E-state index is 12.4. The molecular weight excluding hydrogens is 318 g/mol. The summed E-state index contributed by atoms with van der Waals surface area (Å²) in [7, 11) is 0. The summed E-state index contributed by atoms with van der Waals surface area (Å²) in [4.78, 5) is 25.4. The Kier molecular flexibility index (Phi) is 7.73. The van der Waals surface area contributed by atoms with Gasteiger partial charge in [0.25, 0.3) is 0 Å². The third kappa shape index (κ3) is 6.38. The second-order valence-electron chi connectivity index (χ2n) is 6.47. The van der Waals surface area contributed by atoms with Crippen LogP contribution in [0.25, 0.3) is 0 Å². The molecule has 1 aromatic rings. The van der Waals surface area contributed by atoms with Gasteiger partial charge in [0.1, 0.15) is 0 Å². The number of nitrogens with one attached hydrogen (secondary N) is 2. The zero-order valence-electron chi connectivity index (χ0n) is 15.2. The van der Waals surface area contributed by atoms with Crippen LogP contribution in [0.2, 0.25) is 0 Å². The van der Waals surface area contributed by atoms with Crippen LogP contribution in [0.15, 0.2) is 24.3 Å². The highest BCUT2D eigenvalue weighted by molar-refractivity contribution is 5.75. The summed E-state index contributed by atoms with van der Waals surface area (Å²) in [6, 6.07) is 7.97. The van der Waals surface area contributed by atoms with Gasteiger partial charge < -0.3 is 20.3 Å². The van der Waals surface area contributed by atoms with E-state index in [-0.39, 0.29) is 18.0 Å². The van der Waals surface area contributed by atoms with Gasteiger partial charge in [-0.3, -0.25) is 4.79 Å². The molecule has 2 rings (SSSR count). The van der Waals surface area contributed by atoms with E-state index < -0.39 is 0 Å². The topological polar surface area (TPSA) is 70.7 Å². The van der Waals surface area contributed by atoms with Gasteiger partial charge in [-0.1, -0.05) is 31.2 Å². The van der Waals surface area contributed by atoms with Crippen LogP contribution >= 0.6 is 0 Å². The van der Waals surface area contributed by atoms with Crippen LogP contribution in [0.1, 0.15) is 44.2 Å². The lowest BCUT2D eigenvalue weighted by Crippen LogP contribution is -2.51. The smallest absolute Gasteiger partial charge is 0.317 e. The molecule has 3 amide bonds. The fraction of sp³-hybridized carbons (Fsp3) is 0.579. The predicted octanol–water partition coefficient (Wildman–Crippen LogP) is 2.42. The highest BCUT2D eigenvalue weighted by Crippen LogP contribution is 2.12. The molecule has 6 nitrogen and oxygen atoms in total. The number of urea groups is 1. The van der Waals surface area contributed by atoms with Crippen molar-refractivity contribution in [2.24, 2.45) is 0 Å². The monoisotopic (exact) mass is 347 g/mol. The summed E-state index contributed by atoms with van der Waals surface area (Å²) in [5.41, 5.74) is 2.17. The van der Waals surface area contributed by atoms with Gasteiger partial charge in [0.2, 0.25) is 5.91 Å². The second kappa shape index (κ2) is 10.0. The Hall–Kier alpha value is -2.08. The molecule has 1 aliphatic rings. The maximum Gasteiger partial charge on any atom is 0.317 e. The third-order valence-corrected chi connectivity index (χ3v) is 4.27. The molecule has 1 unspecified atom stereocenters. The van der Waals surface area contributed by atoms with Gasteiger partial charge in [-0.2, -0.15) is 0 Å². The molecule has 0 radical (unpaired) electrons. The van der Waals surface area contributed by atoms with Crippen molar-refractivity contribution in [3.8, 4) is 0 Å². The molecule has 0 bridgehead atoms. The average molecular weight is 347 g/mol. The van der Waals surface area contributed by atoms with Crippen molar-refractivity contribution in [2.45, 2.75) is 52.3 Å². The number of carbonyl (C=O) groups excluding carboxylic acids is 2. The van der Waals surface area contributed by atoms with Gasteiger partial charge >= 0.3 is 6.03 Å². The molecule has 0 spiro atoms. The van der Waals surface area contributed by atoms with Gasteiger partial charge in [-0.15, -0.1) is 0 Å². The number of likely N-dealkylation sites (tertiary alicyclic amines) is 1. The van der Waals surface area contributed by atoms with Crippen molar-refractivity contribution in [2.75, 3.05) is 19.7 Å². The van der Waals surface area contributed by atoms with Crippen molar-refractivity contribution in [1.29, 1.82) is 0 Å². The number of amides is 3. The van der Waals surface area contributed by atoms with Crippen LogP contribution < -0.4 is 10.6 Å². The normalized spacial score (nSPS) is 17.2. The number of carbonyl (C=O) groups is 2. The summed E-state index contributed by atoms with van der Waals surface area (Å²) in [6.07, 6.45) is 2.81. The van der Waals surface area contributed by atoms with E-state index in [0.29, 0.717) is 19.7 Å². The molecule has 6 heteroatoms. The number of piperidine rings is 1. The molecular formula is C19H29N3O3. The quantitative estimate of drug-likeness (QED) is 0.744. The largest absolute Gasteiger partial charge is 0.377 e. The van der Waals surface area contributed by atoms with Gasteiger partial charge in [-0.05, 0) is 30.4 Å². The molecule has 2 N–H and O–H groups in total. The van der Waals surface area contributed by atoms with Crippen LogP contribution in [-0.4, -0.2) is 42.6 Å². The molecule has 1 atom stereocenters. The Morgan fingerprint density at radius 3 is 2.76 bits per heavy atom. The zero-order chi connectivity index (χ0) is 18.1. The van der Waals surface area contributed by atoms with E-state index in [2.05, 4.69) is 17.6 Å². The SMILES string of the molecule is CCCOCc1ccccc1CNC(=O)N1CCCC(NC(C)=O)C1. The summed E-state index contributed by atoms with van der Waals surface area (Å²) < 4.78 is 5.62. The van der Waals surface area contributed by atoms with Crippen molar-refractivity contribution in [3.05, 3.63) is 35.4 Å². The van der Waals surface area contributed by atoms with Crippen LogP contribution in [0.5, 0.6) is 0 Å². The van der Waals surface area contributed by atoms with Crippen molar-refractivity contribution in [3.63, 3.8) is 0 Å². The molecule has 25 heavy (non-hydrogen) atoms. The number of ether oxygens (including phenoxy) is 1. The molecule has 0 aliphatic carbocycles. The molecule has 0 aromatic heterocycles. The van der Waals surface area contributed by atoms with E-state index in [4.69, 9.17) is 4.74 Å². The molecule has 1 heterocycles. The lowest BCUT2D eigenvalue weighted by Gasteiger charge is -2.33. The van der Waals surface area contributed by atoms with Crippen LogP contribution in [-0.2, 0) is 22.7 Å². The van der Waals surface area contributed by atoms with E-state index in [9.17, 15) is 9.59 Å². The van der Waals surface area contributed by atoms with Crippen molar-refractivity contribution in [1.82, 2.24) is 15.5 Å². The highest BCUT2D eigenvalue weighted by atomic mass is 16.5. The van der Waals surface area contributed by atoms with Gasteiger partial charge in [0, 0.05) is 39.2 Å². The third-order valence-electron chi connectivity index (χ3n) is 4.27. The van der Waals surface area contributed by atoms with Gasteiger partial charge in [-0.25, -0.2) is 4.79 Å². The fourth-order valence-corrected chi connectivity index (χ4v) is 3.05. The summed E-state index contributed by atoms with van der Waals surface area (Å²) in [5.74, 6) is -0.0479. The standard InChI is InChI=1S/C19H29N3O3/c1-3-11-25-14-17-8-5-4-7-16(17)12-20-19(24)22-10-6-9-18(13-22)21-15(2)23/h4-5,7-8,18H,3,6,9-14H2,1-2H3,(H,20,24)(H,21,23). The molecule has 1 aliphatic heterocycles. The first-order chi connectivity index (χ1) is 12.1. The molecule has 1 saturated heterocycles.